The quantitative estimate of drug-likeness (QED) is 0.631. The molecular weight excluding hydrogens is 259 g/mol. The van der Waals surface area contributed by atoms with Gasteiger partial charge in [0.15, 0.2) is 0 Å². The summed E-state index contributed by atoms with van der Waals surface area (Å²) in [5, 5.41) is 10.6. The largest absolute Gasteiger partial charge is 0.370 e. The van der Waals surface area contributed by atoms with Gasteiger partial charge in [-0.1, -0.05) is 23.8 Å². The van der Waals surface area contributed by atoms with Gasteiger partial charge in [0.1, 0.15) is 0 Å². The second-order valence-electron chi connectivity index (χ2n) is 4.73. The fourth-order valence-electron chi connectivity index (χ4n) is 1.96. The Morgan fingerprint density at radius 1 is 1.20 bits per heavy atom. The van der Waals surface area contributed by atoms with Crippen LogP contribution >= 0.6 is 0 Å². The average molecular weight is 274 g/mol. The van der Waals surface area contributed by atoms with E-state index in [9.17, 15) is 14.5 Å². The summed E-state index contributed by atoms with van der Waals surface area (Å²) in [5.41, 5.74) is 2.38. The van der Waals surface area contributed by atoms with Crippen molar-refractivity contribution < 1.29 is 9.31 Å². The molecule has 0 aliphatic carbocycles. The summed E-state index contributed by atoms with van der Waals surface area (Å²) in [6.07, 6.45) is 0. The average Bonchev–Trinajstić information content (AvgIpc) is 2.39. The molecule has 0 aromatic heterocycles. The Morgan fingerprint density at radius 3 is 2.40 bits per heavy atom. The Balaban J connectivity index is 2.15. The molecule has 0 unspecified atom stereocenters. The molecule has 0 bridgehead atoms. The van der Waals surface area contributed by atoms with Crippen LogP contribution in [0.4, 0.5) is 15.8 Å². The molecule has 2 aromatic carbocycles. The van der Waals surface area contributed by atoms with E-state index in [2.05, 4.69) is 0 Å². The van der Waals surface area contributed by atoms with Gasteiger partial charge in [-0.3, -0.25) is 10.1 Å². The summed E-state index contributed by atoms with van der Waals surface area (Å²) in [5.74, 6) is -0.801. The maximum atomic E-state index is 13.5. The molecule has 0 amide bonds. The van der Waals surface area contributed by atoms with Gasteiger partial charge in [-0.15, -0.1) is 0 Å². The van der Waals surface area contributed by atoms with E-state index in [0.717, 1.165) is 5.69 Å². The zero-order valence-electron chi connectivity index (χ0n) is 11.3. The maximum absolute atomic E-state index is 13.5. The zero-order chi connectivity index (χ0) is 14.7. The van der Waals surface area contributed by atoms with Gasteiger partial charge >= 0.3 is 5.69 Å². The first-order chi connectivity index (χ1) is 9.47. The van der Waals surface area contributed by atoms with E-state index < -0.39 is 16.4 Å². The van der Waals surface area contributed by atoms with Gasteiger partial charge in [0, 0.05) is 25.3 Å². The van der Waals surface area contributed by atoms with Crippen molar-refractivity contribution in [3.05, 3.63) is 69.5 Å². The van der Waals surface area contributed by atoms with Crippen molar-refractivity contribution in [2.24, 2.45) is 0 Å². The molecule has 2 rings (SSSR count). The highest BCUT2D eigenvalue weighted by molar-refractivity contribution is 5.47. The highest BCUT2D eigenvalue weighted by atomic mass is 19.1. The molecule has 0 aliphatic rings. The molecule has 0 fully saturated rings. The van der Waals surface area contributed by atoms with Gasteiger partial charge < -0.3 is 4.90 Å². The monoisotopic (exact) mass is 274 g/mol. The number of benzene rings is 2. The van der Waals surface area contributed by atoms with Crippen molar-refractivity contribution in [2.45, 2.75) is 13.5 Å². The Kier molecular flexibility index (Phi) is 3.98. The van der Waals surface area contributed by atoms with E-state index in [1.54, 1.807) is 6.07 Å². The molecule has 0 radical (unpaired) electrons. The van der Waals surface area contributed by atoms with Crippen LogP contribution in [0.5, 0.6) is 0 Å². The van der Waals surface area contributed by atoms with Gasteiger partial charge in [0.25, 0.3) is 0 Å². The number of hydrogen-bond acceptors (Lipinski definition) is 3. The normalized spacial score (nSPS) is 10.3. The van der Waals surface area contributed by atoms with Crippen molar-refractivity contribution in [2.75, 3.05) is 11.9 Å². The molecule has 0 aliphatic heterocycles. The number of nitrogens with zero attached hydrogens (tertiary/aromatic N) is 2. The van der Waals surface area contributed by atoms with Gasteiger partial charge in [0.05, 0.1) is 4.92 Å². The van der Waals surface area contributed by atoms with Crippen LogP contribution in [0.3, 0.4) is 0 Å². The van der Waals surface area contributed by atoms with Crippen molar-refractivity contribution in [1.29, 1.82) is 0 Å². The molecule has 104 valence electrons. The first-order valence-corrected chi connectivity index (χ1v) is 6.18. The Bertz CT molecular complexity index is 626. The SMILES string of the molecule is Cc1ccc(N(C)Cc2ccc([N+](=O)[O-])c(F)c2)cc1. The van der Waals surface area contributed by atoms with E-state index in [4.69, 9.17) is 0 Å². The lowest BCUT2D eigenvalue weighted by Gasteiger charge is -2.19. The third-order valence-corrected chi connectivity index (χ3v) is 3.10. The Hall–Kier alpha value is -2.43. The van der Waals surface area contributed by atoms with Crippen LogP contribution in [0.2, 0.25) is 0 Å². The van der Waals surface area contributed by atoms with E-state index in [1.165, 1.54) is 17.7 Å². The van der Waals surface area contributed by atoms with Crippen molar-refractivity contribution >= 4 is 11.4 Å². The van der Waals surface area contributed by atoms with Crippen LogP contribution in [0.1, 0.15) is 11.1 Å². The Morgan fingerprint density at radius 2 is 1.85 bits per heavy atom. The molecule has 4 nitrogen and oxygen atoms in total. The number of rotatable bonds is 4. The molecule has 0 spiro atoms. The lowest BCUT2D eigenvalue weighted by atomic mass is 10.1. The molecular formula is C15H15FN2O2. The summed E-state index contributed by atoms with van der Waals surface area (Å²) in [7, 11) is 1.89. The minimum absolute atomic E-state index is 0.484. The highest BCUT2D eigenvalue weighted by Crippen LogP contribution is 2.21. The Labute approximate surface area is 116 Å². The van der Waals surface area contributed by atoms with Crippen LogP contribution in [-0.4, -0.2) is 12.0 Å². The third kappa shape index (κ3) is 3.12. The molecule has 0 heterocycles. The predicted molar refractivity (Wildman–Crippen MR) is 76.3 cm³/mol. The van der Waals surface area contributed by atoms with Gasteiger partial charge in [-0.2, -0.15) is 4.39 Å². The molecule has 5 heteroatoms. The molecule has 0 saturated carbocycles. The van der Waals surface area contributed by atoms with Crippen molar-refractivity contribution in [1.82, 2.24) is 0 Å². The predicted octanol–water partition coefficient (Wildman–Crippen LogP) is 3.68. The second-order valence-corrected chi connectivity index (χ2v) is 4.73. The van der Waals surface area contributed by atoms with Gasteiger partial charge in [-0.25, -0.2) is 0 Å². The minimum Gasteiger partial charge on any atom is -0.370 e. The number of nitro benzene ring substituents is 1. The van der Waals surface area contributed by atoms with Crippen LogP contribution in [0.15, 0.2) is 42.5 Å². The summed E-state index contributed by atoms with van der Waals surface area (Å²) >= 11 is 0. The number of nitro groups is 1. The van der Waals surface area contributed by atoms with Crippen LogP contribution in [-0.2, 0) is 6.54 Å². The number of aryl methyl sites for hydroxylation is 1. The molecule has 0 atom stereocenters. The molecule has 2 aromatic rings. The smallest absolute Gasteiger partial charge is 0.304 e. The number of halogens is 1. The highest BCUT2D eigenvalue weighted by Gasteiger charge is 2.14. The first-order valence-electron chi connectivity index (χ1n) is 6.18. The van der Waals surface area contributed by atoms with Crippen molar-refractivity contribution in [3.63, 3.8) is 0 Å². The first kappa shape index (κ1) is 14.0. The van der Waals surface area contributed by atoms with Crippen LogP contribution in [0.25, 0.3) is 0 Å². The summed E-state index contributed by atoms with van der Waals surface area (Å²) in [4.78, 5) is 11.8. The molecule has 0 saturated heterocycles. The second kappa shape index (κ2) is 5.69. The van der Waals surface area contributed by atoms with Crippen molar-refractivity contribution in [3.8, 4) is 0 Å². The minimum atomic E-state index is -0.801. The number of hydrogen-bond donors (Lipinski definition) is 0. The zero-order valence-corrected chi connectivity index (χ0v) is 11.3. The summed E-state index contributed by atoms with van der Waals surface area (Å²) in [6.45, 7) is 2.49. The van der Waals surface area contributed by atoms with E-state index in [0.29, 0.717) is 12.1 Å². The van der Waals surface area contributed by atoms with E-state index >= 15 is 0 Å². The summed E-state index contributed by atoms with van der Waals surface area (Å²) < 4.78 is 13.5. The van der Waals surface area contributed by atoms with Crippen LogP contribution < -0.4 is 4.90 Å². The number of anilines is 1. The summed E-state index contributed by atoms with van der Waals surface area (Å²) in [6, 6.07) is 12.0. The lowest BCUT2D eigenvalue weighted by Crippen LogP contribution is -2.16. The maximum Gasteiger partial charge on any atom is 0.304 e. The molecule has 0 N–H and O–H groups in total. The van der Waals surface area contributed by atoms with Gasteiger partial charge in [-0.05, 0) is 30.7 Å². The molecule has 20 heavy (non-hydrogen) atoms. The topological polar surface area (TPSA) is 46.4 Å². The van der Waals surface area contributed by atoms with E-state index in [-0.39, 0.29) is 0 Å². The van der Waals surface area contributed by atoms with Crippen LogP contribution in [0, 0.1) is 22.9 Å². The van der Waals surface area contributed by atoms with E-state index in [1.807, 2.05) is 43.1 Å². The van der Waals surface area contributed by atoms with Gasteiger partial charge in [0.2, 0.25) is 5.82 Å². The standard InChI is InChI=1S/C15H15FN2O2/c1-11-3-6-13(7-4-11)17(2)10-12-5-8-15(18(19)20)14(16)9-12/h3-9H,10H2,1-2H3. The third-order valence-electron chi connectivity index (χ3n) is 3.10. The lowest BCUT2D eigenvalue weighted by molar-refractivity contribution is -0.387. The fraction of sp³-hybridized carbons (Fsp3) is 0.200. The fourth-order valence-corrected chi connectivity index (χ4v) is 1.96.